The van der Waals surface area contributed by atoms with E-state index < -0.39 is 0 Å². The maximum atomic E-state index is 12.4. The molecule has 0 unspecified atom stereocenters. The molecule has 1 heterocycles. The molecule has 1 aliphatic carbocycles. The van der Waals surface area contributed by atoms with Crippen molar-refractivity contribution in [2.24, 2.45) is 5.92 Å². The molecule has 1 saturated carbocycles. The highest BCUT2D eigenvalue weighted by molar-refractivity contribution is 5.78. The number of amides is 1. The fraction of sp³-hybridized carbons (Fsp3) is 0.500. The Hall–Kier alpha value is -2.14. The predicted octanol–water partition coefficient (Wildman–Crippen LogP) is 3.00. The monoisotopic (exact) mass is 340 g/mol. The Morgan fingerprint density at radius 1 is 1.28 bits per heavy atom. The number of carbonyl (C=O) groups is 1. The Bertz CT molecular complexity index is 676. The molecule has 134 valence electrons. The number of benzene rings is 1. The van der Waals surface area contributed by atoms with Crippen LogP contribution >= 0.6 is 0 Å². The predicted molar refractivity (Wildman–Crippen MR) is 99.2 cm³/mol. The van der Waals surface area contributed by atoms with Gasteiger partial charge in [0.15, 0.2) is 0 Å². The van der Waals surface area contributed by atoms with E-state index in [2.05, 4.69) is 60.8 Å². The molecule has 1 aromatic heterocycles. The molecule has 5 nitrogen and oxygen atoms in total. The maximum Gasteiger partial charge on any atom is 0.234 e. The van der Waals surface area contributed by atoms with Gasteiger partial charge in [-0.05, 0) is 51.2 Å². The van der Waals surface area contributed by atoms with Crippen molar-refractivity contribution in [1.29, 1.82) is 0 Å². The van der Waals surface area contributed by atoms with Gasteiger partial charge in [0, 0.05) is 18.4 Å². The van der Waals surface area contributed by atoms with Crippen LogP contribution in [0.2, 0.25) is 0 Å². The van der Waals surface area contributed by atoms with Crippen molar-refractivity contribution in [3.05, 3.63) is 53.9 Å². The van der Waals surface area contributed by atoms with Crippen molar-refractivity contribution >= 4 is 5.91 Å². The maximum absolute atomic E-state index is 12.4. The van der Waals surface area contributed by atoms with Crippen LogP contribution in [0.5, 0.6) is 0 Å². The van der Waals surface area contributed by atoms with Crippen molar-refractivity contribution in [1.82, 2.24) is 20.4 Å². The molecule has 5 heteroatoms. The lowest BCUT2D eigenvalue weighted by molar-refractivity contribution is -0.121. The first-order chi connectivity index (χ1) is 12.0. The van der Waals surface area contributed by atoms with Crippen LogP contribution in [0.1, 0.15) is 49.9 Å². The number of carbonyl (C=O) groups excluding carboxylic acids is 1. The SMILES string of the molecule is Cc1ccc([C@H](NC(=O)CN[C@H](C)[C@@H](C)n2cccn2)C2CC2)cc1. The largest absolute Gasteiger partial charge is 0.348 e. The first-order valence-corrected chi connectivity index (χ1v) is 9.13. The van der Waals surface area contributed by atoms with Crippen LogP contribution in [-0.2, 0) is 4.79 Å². The van der Waals surface area contributed by atoms with Gasteiger partial charge in [-0.1, -0.05) is 29.8 Å². The van der Waals surface area contributed by atoms with Crippen molar-refractivity contribution in [2.45, 2.75) is 51.7 Å². The first-order valence-electron chi connectivity index (χ1n) is 9.13. The molecule has 1 aromatic carbocycles. The second-order valence-corrected chi connectivity index (χ2v) is 7.19. The van der Waals surface area contributed by atoms with E-state index in [1.807, 2.05) is 16.9 Å². The minimum atomic E-state index is 0.0528. The number of aromatic nitrogens is 2. The summed E-state index contributed by atoms with van der Waals surface area (Å²) in [6.45, 7) is 6.59. The highest BCUT2D eigenvalue weighted by atomic mass is 16.2. The summed E-state index contributed by atoms with van der Waals surface area (Å²) in [5, 5.41) is 10.8. The van der Waals surface area contributed by atoms with Crippen molar-refractivity contribution in [2.75, 3.05) is 6.54 Å². The van der Waals surface area contributed by atoms with E-state index >= 15 is 0 Å². The lowest BCUT2D eigenvalue weighted by atomic mass is 10.0. The van der Waals surface area contributed by atoms with Crippen LogP contribution in [0.15, 0.2) is 42.7 Å². The standard InChI is InChI=1S/C20H28N4O/c1-14-5-7-17(8-6-14)20(18-9-10-18)23-19(25)13-21-15(2)16(3)24-12-4-11-22-24/h4-8,11-12,15-16,18,20-21H,9-10,13H2,1-3H3,(H,23,25)/t15-,16-,20+/m1/s1. The topological polar surface area (TPSA) is 59.0 Å². The van der Waals surface area contributed by atoms with Crippen LogP contribution in [0.25, 0.3) is 0 Å². The zero-order chi connectivity index (χ0) is 17.8. The van der Waals surface area contributed by atoms with Gasteiger partial charge in [0.2, 0.25) is 5.91 Å². The Morgan fingerprint density at radius 3 is 2.60 bits per heavy atom. The molecule has 2 N–H and O–H groups in total. The van der Waals surface area contributed by atoms with E-state index in [9.17, 15) is 4.79 Å². The second kappa shape index (κ2) is 7.83. The summed E-state index contributed by atoms with van der Waals surface area (Å²) in [7, 11) is 0. The van der Waals surface area contributed by atoms with Crippen LogP contribution in [-0.4, -0.2) is 28.3 Å². The van der Waals surface area contributed by atoms with Gasteiger partial charge >= 0.3 is 0 Å². The minimum absolute atomic E-state index is 0.0528. The van der Waals surface area contributed by atoms with Gasteiger partial charge in [-0.3, -0.25) is 9.48 Å². The molecular weight excluding hydrogens is 312 g/mol. The van der Waals surface area contributed by atoms with Crippen LogP contribution in [0, 0.1) is 12.8 Å². The average molecular weight is 340 g/mol. The molecule has 3 rings (SSSR count). The van der Waals surface area contributed by atoms with E-state index in [4.69, 9.17) is 0 Å². The summed E-state index contributed by atoms with van der Waals surface area (Å²) in [5.41, 5.74) is 2.45. The average Bonchev–Trinajstić information content (AvgIpc) is 3.31. The smallest absolute Gasteiger partial charge is 0.234 e. The third kappa shape index (κ3) is 4.69. The van der Waals surface area contributed by atoms with E-state index in [0.717, 1.165) is 0 Å². The highest BCUT2D eigenvalue weighted by Gasteiger charge is 2.33. The third-order valence-corrected chi connectivity index (χ3v) is 5.10. The summed E-state index contributed by atoms with van der Waals surface area (Å²) < 4.78 is 1.91. The molecule has 0 spiro atoms. The summed E-state index contributed by atoms with van der Waals surface area (Å²) in [5.74, 6) is 0.629. The Balaban J connectivity index is 1.53. The lowest BCUT2D eigenvalue weighted by Crippen LogP contribution is -2.42. The van der Waals surface area contributed by atoms with Crippen molar-refractivity contribution < 1.29 is 4.79 Å². The van der Waals surface area contributed by atoms with Crippen LogP contribution < -0.4 is 10.6 Å². The van der Waals surface area contributed by atoms with Gasteiger partial charge < -0.3 is 10.6 Å². The zero-order valence-corrected chi connectivity index (χ0v) is 15.3. The first kappa shape index (κ1) is 17.7. The number of nitrogens with one attached hydrogen (secondary N) is 2. The molecule has 0 bridgehead atoms. The summed E-state index contributed by atoms with van der Waals surface area (Å²) in [4.78, 5) is 12.4. The highest BCUT2D eigenvalue weighted by Crippen LogP contribution is 2.40. The lowest BCUT2D eigenvalue weighted by Gasteiger charge is -2.23. The van der Waals surface area contributed by atoms with Gasteiger partial charge in [0.1, 0.15) is 0 Å². The van der Waals surface area contributed by atoms with Crippen LogP contribution in [0.4, 0.5) is 0 Å². The molecule has 0 aliphatic heterocycles. The number of aryl methyl sites for hydroxylation is 1. The molecular formula is C20H28N4O. The van der Waals surface area contributed by atoms with E-state index in [1.165, 1.54) is 24.0 Å². The third-order valence-electron chi connectivity index (χ3n) is 5.10. The Morgan fingerprint density at radius 2 is 2.00 bits per heavy atom. The fourth-order valence-electron chi connectivity index (χ4n) is 3.08. The number of hydrogen-bond acceptors (Lipinski definition) is 3. The van der Waals surface area contributed by atoms with Gasteiger partial charge in [-0.15, -0.1) is 0 Å². The number of rotatable bonds is 8. The Labute approximate surface area is 149 Å². The quantitative estimate of drug-likeness (QED) is 0.777. The van der Waals surface area contributed by atoms with Crippen molar-refractivity contribution in [3.8, 4) is 0 Å². The van der Waals surface area contributed by atoms with E-state index in [1.54, 1.807) is 6.20 Å². The second-order valence-electron chi connectivity index (χ2n) is 7.19. The molecule has 0 saturated heterocycles. The van der Waals surface area contributed by atoms with Gasteiger partial charge in [0.05, 0.1) is 18.6 Å². The minimum Gasteiger partial charge on any atom is -0.348 e. The van der Waals surface area contributed by atoms with Crippen molar-refractivity contribution in [3.63, 3.8) is 0 Å². The van der Waals surface area contributed by atoms with Gasteiger partial charge in [-0.2, -0.15) is 5.10 Å². The number of nitrogens with zero attached hydrogens (tertiary/aromatic N) is 2. The zero-order valence-electron chi connectivity index (χ0n) is 15.3. The van der Waals surface area contributed by atoms with Crippen LogP contribution in [0.3, 0.4) is 0 Å². The van der Waals surface area contributed by atoms with Gasteiger partial charge in [0.25, 0.3) is 0 Å². The molecule has 1 fully saturated rings. The summed E-state index contributed by atoms with van der Waals surface area (Å²) >= 11 is 0. The Kier molecular flexibility index (Phi) is 5.53. The molecule has 3 atom stereocenters. The molecule has 0 radical (unpaired) electrons. The molecule has 1 amide bonds. The normalized spacial score (nSPS) is 17.7. The summed E-state index contributed by atoms with van der Waals surface area (Å²) in [6.07, 6.45) is 6.11. The molecule has 1 aliphatic rings. The number of hydrogen-bond donors (Lipinski definition) is 2. The fourth-order valence-corrected chi connectivity index (χ4v) is 3.08. The van der Waals surface area contributed by atoms with E-state index in [-0.39, 0.29) is 24.0 Å². The summed E-state index contributed by atoms with van der Waals surface area (Å²) in [6, 6.07) is 10.9. The molecule has 2 aromatic rings. The van der Waals surface area contributed by atoms with Gasteiger partial charge in [-0.25, -0.2) is 0 Å². The van der Waals surface area contributed by atoms with E-state index in [0.29, 0.717) is 12.5 Å². The molecule has 25 heavy (non-hydrogen) atoms.